The predicted octanol–water partition coefficient (Wildman–Crippen LogP) is 2.55. The molecule has 0 saturated heterocycles. The summed E-state index contributed by atoms with van der Waals surface area (Å²) in [6, 6.07) is 10.6. The average Bonchev–Trinajstić information content (AvgIpc) is 2.54. The molecule has 2 aromatic carbocycles. The fourth-order valence-corrected chi connectivity index (χ4v) is 2.09. The second-order valence-electron chi connectivity index (χ2n) is 4.43. The minimum Gasteiger partial charge on any atom is -0.493 e. The summed E-state index contributed by atoms with van der Waals surface area (Å²) in [4.78, 5) is 12.4. The molecule has 6 nitrogen and oxygen atoms in total. The molecule has 0 aromatic heterocycles. The summed E-state index contributed by atoms with van der Waals surface area (Å²) in [5, 5.41) is 2.77. The van der Waals surface area contributed by atoms with E-state index in [9.17, 15) is 4.79 Å². The molecule has 0 bridgehead atoms. The summed E-state index contributed by atoms with van der Waals surface area (Å²) in [6.45, 7) is 0. The van der Waals surface area contributed by atoms with Crippen LogP contribution in [0.5, 0.6) is 17.2 Å². The summed E-state index contributed by atoms with van der Waals surface area (Å²) >= 11 is 0. The topological polar surface area (TPSA) is 82.8 Å². The Morgan fingerprint density at radius 1 is 1.00 bits per heavy atom. The first-order valence-corrected chi connectivity index (χ1v) is 6.57. The molecule has 6 heteroatoms. The zero-order valence-corrected chi connectivity index (χ0v) is 12.7. The number of para-hydroxylation sites is 1. The maximum Gasteiger partial charge on any atom is 0.258 e. The Morgan fingerprint density at radius 2 is 1.64 bits per heavy atom. The van der Waals surface area contributed by atoms with Crippen LogP contribution in [-0.4, -0.2) is 27.2 Å². The second-order valence-corrected chi connectivity index (χ2v) is 4.43. The quantitative estimate of drug-likeness (QED) is 0.829. The van der Waals surface area contributed by atoms with Crippen LogP contribution in [-0.2, 0) is 0 Å². The maximum atomic E-state index is 12.4. The summed E-state index contributed by atoms with van der Waals surface area (Å²) in [7, 11) is 4.41. The van der Waals surface area contributed by atoms with E-state index in [0.29, 0.717) is 17.2 Å². The predicted molar refractivity (Wildman–Crippen MR) is 84.9 cm³/mol. The first kappa shape index (κ1) is 15.5. The first-order chi connectivity index (χ1) is 10.6. The van der Waals surface area contributed by atoms with Crippen molar-refractivity contribution in [3.8, 4) is 17.2 Å². The number of nitrogens with one attached hydrogen (secondary N) is 1. The number of nitrogens with two attached hydrogens (primary N) is 1. The molecule has 0 fully saturated rings. The highest BCUT2D eigenvalue weighted by Gasteiger charge is 2.22. The van der Waals surface area contributed by atoms with Gasteiger partial charge < -0.3 is 25.3 Å². The van der Waals surface area contributed by atoms with Crippen molar-refractivity contribution in [2.24, 2.45) is 0 Å². The largest absolute Gasteiger partial charge is 0.493 e. The van der Waals surface area contributed by atoms with Gasteiger partial charge in [0.1, 0.15) is 0 Å². The van der Waals surface area contributed by atoms with Gasteiger partial charge in [-0.1, -0.05) is 18.2 Å². The molecule has 0 aliphatic carbocycles. The minimum atomic E-state index is -0.358. The van der Waals surface area contributed by atoms with E-state index in [1.807, 2.05) is 18.2 Å². The smallest absolute Gasteiger partial charge is 0.258 e. The minimum absolute atomic E-state index is 0.189. The van der Waals surface area contributed by atoms with Crippen LogP contribution < -0.4 is 25.3 Å². The van der Waals surface area contributed by atoms with E-state index < -0.39 is 0 Å². The van der Waals surface area contributed by atoms with Crippen molar-refractivity contribution in [3.05, 3.63) is 42.0 Å². The molecular formula is C16H18N2O4. The SMILES string of the molecule is COc1cc(C(=O)Nc2ccccc2)c(N)c(OC)c1OC. The normalized spacial score (nSPS) is 9.95. The Labute approximate surface area is 128 Å². The molecular weight excluding hydrogens is 284 g/mol. The number of methoxy groups -OCH3 is 3. The van der Waals surface area contributed by atoms with E-state index in [1.165, 1.54) is 27.4 Å². The number of amides is 1. The van der Waals surface area contributed by atoms with E-state index in [2.05, 4.69) is 5.32 Å². The van der Waals surface area contributed by atoms with Gasteiger partial charge in [-0.3, -0.25) is 4.79 Å². The monoisotopic (exact) mass is 302 g/mol. The molecule has 1 amide bonds. The van der Waals surface area contributed by atoms with Crippen LogP contribution >= 0.6 is 0 Å². The van der Waals surface area contributed by atoms with Crippen molar-refractivity contribution < 1.29 is 19.0 Å². The Morgan fingerprint density at radius 3 is 2.18 bits per heavy atom. The zero-order chi connectivity index (χ0) is 16.1. The van der Waals surface area contributed by atoms with Crippen molar-refractivity contribution in [2.45, 2.75) is 0 Å². The molecule has 0 aliphatic heterocycles. The molecule has 116 valence electrons. The Balaban J connectivity index is 2.44. The van der Waals surface area contributed by atoms with Crippen molar-refractivity contribution in [3.63, 3.8) is 0 Å². The van der Waals surface area contributed by atoms with Crippen LogP contribution in [0.15, 0.2) is 36.4 Å². The van der Waals surface area contributed by atoms with Crippen LogP contribution in [0, 0.1) is 0 Å². The van der Waals surface area contributed by atoms with Gasteiger partial charge in [-0.2, -0.15) is 0 Å². The molecule has 0 spiro atoms. The van der Waals surface area contributed by atoms with Crippen LogP contribution in [0.3, 0.4) is 0 Å². The summed E-state index contributed by atoms with van der Waals surface area (Å²) in [5.74, 6) is 0.619. The number of hydrogen-bond acceptors (Lipinski definition) is 5. The molecule has 0 atom stereocenters. The van der Waals surface area contributed by atoms with Gasteiger partial charge in [0.15, 0.2) is 11.5 Å². The van der Waals surface area contributed by atoms with Crippen molar-refractivity contribution >= 4 is 17.3 Å². The third kappa shape index (κ3) is 2.90. The molecule has 2 rings (SSSR count). The Kier molecular flexibility index (Phi) is 4.73. The summed E-state index contributed by atoms with van der Waals surface area (Å²) < 4.78 is 15.7. The zero-order valence-electron chi connectivity index (χ0n) is 12.7. The molecule has 22 heavy (non-hydrogen) atoms. The number of carbonyl (C=O) groups is 1. The Hall–Kier alpha value is -2.89. The summed E-state index contributed by atoms with van der Waals surface area (Å²) in [6.07, 6.45) is 0. The van der Waals surface area contributed by atoms with Crippen LogP contribution in [0.1, 0.15) is 10.4 Å². The van der Waals surface area contributed by atoms with Crippen LogP contribution in [0.2, 0.25) is 0 Å². The van der Waals surface area contributed by atoms with Gasteiger partial charge in [0.25, 0.3) is 5.91 Å². The molecule has 0 saturated carbocycles. The van der Waals surface area contributed by atoms with E-state index in [0.717, 1.165) is 0 Å². The number of rotatable bonds is 5. The van der Waals surface area contributed by atoms with E-state index in [-0.39, 0.29) is 22.9 Å². The van der Waals surface area contributed by atoms with Gasteiger partial charge in [-0.05, 0) is 18.2 Å². The molecule has 0 aliphatic rings. The molecule has 0 heterocycles. The number of anilines is 2. The van der Waals surface area contributed by atoms with Crippen molar-refractivity contribution in [1.82, 2.24) is 0 Å². The van der Waals surface area contributed by atoms with Crippen molar-refractivity contribution in [1.29, 1.82) is 0 Å². The average molecular weight is 302 g/mol. The summed E-state index contributed by atoms with van der Waals surface area (Å²) in [5.41, 5.74) is 7.13. The molecule has 0 unspecified atom stereocenters. The Bertz CT molecular complexity index is 672. The van der Waals surface area contributed by atoms with Gasteiger partial charge in [0.05, 0.1) is 32.6 Å². The van der Waals surface area contributed by atoms with Crippen LogP contribution in [0.4, 0.5) is 11.4 Å². The number of benzene rings is 2. The third-order valence-electron chi connectivity index (χ3n) is 3.14. The van der Waals surface area contributed by atoms with Crippen LogP contribution in [0.25, 0.3) is 0 Å². The molecule has 0 radical (unpaired) electrons. The van der Waals surface area contributed by atoms with Gasteiger partial charge >= 0.3 is 0 Å². The van der Waals surface area contributed by atoms with Gasteiger partial charge in [-0.25, -0.2) is 0 Å². The van der Waals surface area contributed by atoms with Gasteiger partial charge in [0.2, 0.25) is 5.75 Å². The lowest BCUT2D eigenvalue weighted by Crippen LogP contribution is -2.15. The highest BCUT2D eigenvalue weighted by molar-refractivity contribution is 6.09. The van der Waals surface area contributed by atoms with E-state index >= 15 is 0 Å². The number of ether oxygens (including phenoxy) is 3. The standard InChI is InChI=1S/C16H18N2O4/c1-20-12-9-11(13(17)15(22-3)14(12)21-2)16(19)18-10-7-5-4-6-8-10/h4-9H,17H2,1-3H3,(H,18,19). The number of hydrogen-bond donors (Lipinski definition) is 2. The number of carbonyl (C=O) groups excluding carboxylic acids is 1. The maximum absolute atomic E-state index is 12.4. The van der Waals surface area contributed by atoms with E-state index in [1.54, 1.807) is 12.1 Å². The highest BCUT2D eigenvalue weighted by Crippen LogP contribution is 2.43. The molecule has 3 N–H and O–H groups in total. The van der Waals surface area contributed by atoms with Crippen molar-refractivity contribution in [2.75, 3.05) is 32.4 Å². The lowest BCUT2D eigenvalue weighted by Gasteiger charge is -2.17. The lowest BCUT2D eigenvalue weighted by molar-refractivity contribution is 0.102. The first-order valence-electron chi connectivity index (χ1n) is 6.57. The fraction of sp³-hybridized carbons (Fsp3) is 0.188. The highest BCUT2D eigenvalue weighted by atomic mass is 16.5. The third-order valence-corrected chi connectivity index (χ3v) is 3.14. The molecule has 2 aromatic rings. The lowest BCUT2D eigenvalue weighted by atomic mass is 10.1. The second kappa shape index (κ2) is 6.71. The number of nitrogen functional groups attached to an aromatic ring is 1. The van der Waals surface area contributed by atoms with Gasteiger partial charge in [-0.15, -0.1) is 0 Å². The van der Waals surface area contributed by atoms with Gasteiger partial charge in [0, 0.05) is 5.69 Å². The van der Waals surface area contributed by atoms with E-state index in [4.69, 9.17) is 19.9 Å². The fourth-order valence-electron chi connectivity index (χ4n) is 2.09.